The van der Waals surface area contributed by atoms with E-state index in [1.807, 2.05) is 0 Å². The largest absolute Gasteiger partial charge is 0.435 e. The number of nitrogens with two attached hydrogens (primary N) is 1. The smallest absolute Gasteiger partial charge is 0.339 e. The number of nitriles is 1. The summed E-state index contributed by atoms with van der Waals surface area (Å²) in [6, 6.07) is 5.76. The van der Waals surface area contributed by atoms with Crippen LogP contribution in [0.2, 0.25) is 0 Å². The Hall–Kier alpha value is -4.46. The zero-order chi connectivity index (χ0) is 31.9. The lowest BCUT2D eigenvalue weighted by atomic mass is 10.1. The van der Waals surface area contributed by atoms with Gasteiger partial charge >= 0.3 is 6.18 Å². The summed E-state index contributed by atoms with van der Waals surface area (Å²) in [6.45, 7) is 0.918. The summed E-state index contributed by atoms with van der Waals surface area (Å²) in [6.07, 6.45) is 2.60. The van der Waals surface area contributed by atoms with E-state index in [9.17, 15) is 22.8 Å². The van der Waals surface area contributed by atoms with E-state index in [0.29, 0.717) is 19.5 Å². The second-order valence-electron chi connectivity index (χ2n) is 11.1. The molecule has 12 nitrogen and oxygen atoms in total. The van der Waals surface area contributed by atoms with Crippen LogP contribution in [0.5, 0.6) is 0 Å². The number of halogens is 6. The van der Waals surface area contributed by atoms with Gasteiger partial charge in [-0.25, -0.2) is 14.4 Å². The Balaban J connectivity index is 0.00000250. The van der Waals surface area contributed by atoms with Crippen molar-refractivity contribution in [2.75, 3.05) is 31.5 Å². The molecule has 0 radical (unpaired) electrons. The summed E-state index contributed by atoms with van der Waals surface area (Å²) in [4.78, 5) is 37.6. The molecule has 6 rings (SSSR count). The minimum Gasteiger partial charge on any atom is -0.339 e. The lowest BCUT2D eigenvalue weighted by Gasteiger charge is -2.36. The van der Waals surface area contributed by atoms with Gasteiger partial charge in [-0.2, -0.15) is 23.5 Å². The van der Waals surface area contributed by atoms with Gasteiger partial charge in [-0.3, -0.25) is 18.7 Å². The third-order valence-electron chi connectivity index (χ3n) is 8.13. The van der Waals surface area contributed by atoms with E-state index in [-0.39, 0.29) is 96.3 Å². The maximum atomic E-state index is 15.2. The number of nitrogens with one attached hydrogen (secondary N) is 1. The number of carbonyl (C=O) groups excluding carboxylic acids is 2. The summed E-state index contributed by atoms with van der Waals surface area (Å²) in [5.74, 6) is -1.17. The Labute approximate surface area is 278 Å². The number of nitrogens with zero attached hydrogens (tertiary/aromatic N) is 8. The first-order valence-corrected chi connectivity index (χ1v) is 14.3. The number of amides is 2. The van der Waals surface area contributed by atoms with E-state index in [4.69, 9.17) is 11.0 Å². The number of rotatable bonds is 6. The highest BCUT2D eigenvalue weighted by molar-refractivity contribution is 5.95. The van der Waals surface area contributed by atoms with Crippen LogP contribution < -0.4 is 11.1 Å². The quantitative estimate of drug-likeness (QED) is 0.284. The van der Waals surface area contributed by atoms with Crippen molar-refractivity contribution in [1.82, 2.24) is 33.9 Å². The van der Waals surface area contributed by atoms with Crippen LogP contribution in [0.4, 0.5) is 29.1 Å². The van der Waals surface area contributed by atoms with Crippen LogP contribution in [0, 0.1) is 23.1 Å². The molecule has 1 aliphatic carbocycles. The van der Waals surface area contributed by atoms with Crippen molar-refractivity contribution in [3.63, 3.8) is 0 Å². The third kappa shape index (κ3) is 7.11. The maximum Gasteiger partial charge on any atom is 0.435 e. The number of hydrogen-bond acceptors (Lipinski definition) is 8. The molecule has 4 aromatic rings. The molecule has 0 spiro atoms. The summed E-state index contributed by atoms with van der Waals surface area (Å²) < 4.78 is 58.7. The van der Waals surface area contributed by atoms with E-state index < -0.39 is 23.6 Å². The summed E-state index contributed by atoms with van der Waals surface area (Å²) in [5, 5.41) is 15.4. The number of hydrogen-bond donors (Lipinski definition) is 2. The molecule has 1 saturated heterocycles. The summed E-state index contributed by atoms with van der Waals surface area (Å²) in [7, 11) is 0. The van der Waals surface area contributed by atoms with Crippen LogP contribution in [-0.4, -0.2) is 78.0 Å². The molecule has 250 valence electrons. The standard InChI is InChI=1S/C29H28F4N10O2.2ClH/c30-22-14-19(3-4-20(22)28(45)41-11-9-40(10-12-41)27(44)17-1-2-18(35)13-17)38-25-26-37-15-23(43(26)8-6-36-25)21-16-42(7-5-34)39-24(21)29(31,32)33;;/h3-4,6,8,14-18H,1-2,7,9-13,35H2,(H,36,38);2*1H/t17-,18+;;/m0../s1. The molecule has 2 aliphatic rings. The molecule has 2 fully saturated rings. The van der Waals surface area contributed by atoms with E-state index in [1.165, 1.54) is 40.0 Å². The predicted molar refractivity (Wildman–Crippen MR) is 167 cm³/mol. The average molecular weight is 698 g/mol. The molecule has 3 N–H and O–H groups in total. The highest BCUT2D eigenvalue weighted by Crippen LogP contribution is 2.37. The first kappa shape index (κ1) is 35.4. The monoisotopic (exact) mass is 696 g/mol. The molecule has 1 saturated carbocycles. The van der Waals surface area contributed by atoms with Gasteiger partial charge in [0.1, 0.15) is 12.4 Å². The van der Waals surface area contributed by atoms with Crippen LogP contribution in [0.15, 0.2) is 43.0 Å². The minimum atomic E-state index is -4.78. The number of benzene rings is 1. The fraction of sp³-hybridized carbons (Fsp3) is 0.379. The number of piperazine rings is 1. The van der Waals surface area contributed by atoms with Crippen molar-refractivity contribution >= 4 is 53.8 Å². The van der Waals surface area contributed by atoms with Crippen molar-refractivity contribution in [1.29, 1.82) is 5.26 Å². The highest BCUT2D eigenvalue weighted by Gasteiger charge is 2.38. The van der Waals surface area contributed by atoms with Crippen LogP contribution in [-0.2, 0) is 17.5 Å². The summed E-state index contributed by atoms with van der Waals surface area (Å²) >= 11 is 0. The molecule has 0 unspecified atom stereocenters. The lowest BCUT2D eigenvalue weighted by Crippen LogP contribution is -2.52. The summed E-state index contributed by atoms with van der Waals surface area (Å²) in [5.41, 5.74) is 4.82. The van der Waals surface area contributed by atoms with E-state index >= 15 is 4.39 Å². The number of fused-ring (bicyclic) bond motifs is 1. The van der Waals surface area contributed by atoms with E-state index in [0.717, 1.165) is 29.8 Å². The molecule has 2 atom stereocenters. The Morgan fingerprint density at radius 3 is 2.45 bits per heavy atom. The van der Waals surface area contributed by atoms with Gasteiger partial charge in [0, 0.05) is 62.4 Å². The fourth-order valence-corrected chi connectivity index (χ4v) is 5.88. The molecule has 4 heterocycles. The van der Waals surface area contributed by atoms with Gasteiger partial charge < -0.3 is 20.9 Å². The van der Waals surface area contributed by atoms with Gasteiger partial charge in [0.15, 0.2) is 17.2 Å². The fourth-order valence-electron chi connectivity index (χ4n) is 5.88. The number of aromatic nitrogens is 5. The van der Waals surface area contributed by atoms with Crippen molar-refractivity contribution in [3.8, 4) is 17.3 Å². The second kappa shape index (κ2) is 14.1. The minimum absolute atomic E-state index is 0. The van der Waals surface area contributed by atoms with Crippen LogP contribution in [0.25, 0.3) is 16.9 Å². The van der Waals surface area contributed by atoms with Crippen molar-refractivity contribution in [2.24, 2.45) is 11.7 Å². The lowest BCUT2D eigenvalue weighted by molar-refractivity contribution is -0.141. The van der Waals surface area contributed by atoms with Crippen LogP contribution in [0.3, 0.4) is 0 Å². The third-order valence-corrected chi connectivity index (χ3v) is 8.13. The molecule has 3 aromatic heterocycles. The molecular weight excluding hydrogens is 667 g/mol. The number of imidazole rings is 1. The molecule has 2 amide bonds. The van der Waals surface area contributed by atoms with E-state index in [2.05, 4.69) is 20.4 Å². The van der Waals surface area contributed by atoms with Crippen LogP contribution in [0.1, 0.15) is 35.3 Å². The molecule has 0 bridgehead atoms. The molecule has 1 aliphatic heterocycles. The van der Waals surface area contributed by atoms with Crippen molar-refractivity contribution in [2.45, 2.75) is 38.0 Å². The molecule has 18 heteroatoms. The molecule has 47 heavy (non-hydrogen) atoms. The van der Waals surface area contributed by atoms with Gasteiger partial charge in [-0.15, -0.1) is 24.8 Å². The van der Waals surface area contributed by atoms with Crippen molar-refractivity contribution in [3.05, 3.63) is 60.1 Å². The number of carbonyl (C=O) groups is 2. The Kier molecular flexibility index (Phi) is 10.6. The Bertz CT molecular complexity index is 1810. The number of anilines is 2. The zero-order valence-electron chi connectivity index (χ0n) is 24.7. The van der Waals surface area contributed by atoms with Gasteiger partial charge in [0.2, 0.25) is 5.91 Å². The molecule has 1 aromatic carbocycles. The van der Waals surface area contributed by atoms with Gasteiger partial charge in [0.05, 0.1) is 29.1 Å². The van der Waals surface area contributed by atoms with Gasteiger partial charge in [-0.05, 0) is 37.5 Å². The highest BCUT2D eigenvalue weighted by atomic mass is 35.5. The van der Waals surface area contributed by atoms with Crippen LogP contribution >= 0.6 is 24.8 Å². The second-order valence-corrected chi connectivity index (χ2v) is 11.1. The maximum absolute atomic E-state index is 15.2. The Morgan fingerprint density at radius 1 is 1.09 bits per heavy atom. The zero-order valence-corrected chi connectivity index (χ0v) is 26.3. The first-order valence-electron chi connectivity index (χ1n) is 14.3. The average Bonchev–Trinajstić information content (AvgIpc) is 3.75. The van der Waals surface area contributed by atoms with Gasteiger partial charge in [-0.1, -0.05) is 0 Å². The number of alkyl halides is 3. The SMILES string of the molecule is Cl.Cl.N#CCn1cc(-c2cnc3c(Nc4ccc(C(=O)N5CCN(C(=O)[C@H]6CC[C@@H](N)C6)CC5)c(F)c4)nccn23)c(C(F)(F)F)n1. The topological polar surface area (TPSA) is 150 Å². The normalized spacial score (nSPS) is 18.0. The van der Waals surface area contributed by atoms with Crippen molar-refractivity contribution < 1.29 is 27.2 Å². The first-order chi connectivity index (χ1) is 21.5. The Morgan fingerprint density at radius 2 is 1.81 bits per heavy atom. The predicted octanol–water partition coefficient (Wildman–Crippen LogP) is 4.27. The van der Waals surface area contributed by atoms with E-state index in [1.54, 1.807) is 11.0 Å². The molecular formula is C29H30Cl2F4N10O2. The van der Waals surface area contributed by atoms with Gasteiger partial charge in [0.25, 0.3) is 5.91 Å².